The largest absolute Gasteiger partial charge is 0.457 e. The first-order valence-corrected chi connectivity index (χ1v) is 4.48. The maximum absolute atomic E-state index is 11.1. The van der Waals surface area contributed by atoms with Crippen molar-refractivity contribution in [3.63, 3.8) is 0 Å². The Morgan fingerprint density at radius 2 is 2.33 bits per heavy atom. The van der Waals surface area contributed by atoms with Crippen molar-refractivity contribution in [1.82, 2.24) is 0 Å². The number of carbonyl (C=O) groups is 1. The van der Waals surface area contributed by atoms with E-state index in [1.807, 2.05) is 6.08 Å². The normalized spacial score (nSPS) is 45.7. The molecule has 66 valence electrons. The van der Waals surface area contributed by atoms with Crippen molar-refractivity contribution < 1.29 is 9.53 Å². The SMILES string of the molecule is C[C@H]1C=C[C@@H]2OC(=O)C[C@]2(C)C1. The molecule has 2 aliphatic rings. The van der Waals surface area contributed by atoms with Crippen LogP contribution < -0.4 is 0 Å². The van der Waals surface area contributed by atoms with Gasteiger partial charge in [0.15, 0.2) is 0 Å². The molecule has 0 N–H and O–H groups in total. The molecule has 2 heteroatoms. The van der Waals surface area contributed by atoms with Crippen LogP contribution in [0.3, 0.4) is 0 Å². The molecule has 0 saturated carbocycles. The van der Waals surface area contributed by atoms with Gasteiger partial charge in [0.05, 0.1) is 6.42 Å². The molecule has 0 spiro atoms. The van der Waals surface area contributed by atoms with Gasteiger partial charge in [-0.2, -0.15) is 0 Å². The van der Waals surface area contributed by atoms with Gasteiger partial charge in [0, 0.05) is 5.41 Å². The average Bonchev–Trinajstić information content (AvgIpc) is 2.22. The summed E-state index contributed by atoms with van der Waals surface area (Å²) in [5.41, 5.74) is 0.0747. The Morgan fingerprint density at radius 1 is 1.58 bits per heavy atom. The number of hydrogen-bond acceptors (Lipinski definition) is 2. The van der Waals surface area contributed by atoms with Crippen LogP contribution >= 0.6 is 0 Å². The lowest BCUT2D eigenvalue weighted by Gasteiger charge is -2.32. The Hall–Kier alpha value is -0.790. The summed E-state index contributed by atoms with van der Waals surface area (Å²) >= 11 is 0. The van der Waals surface area contributed by atoms with Gasteiger partial charge in [0.25, 0.3) is 0 Å². The Balaban J connectivity index is 2.26. The van der Waals surface area contributed by atoms with Gasteiger partial charge in [0.2, 0.25) is 0 Å². The molecule has 0 aromatic rings. The first-order chi connectivity index (χ1) is 5.60. The maximum atomic E-state index is 11.1. The fourth-order valence-electron chi connectivity index (χ4n) is 2.31. The van der Waals surface area contributed by atoms with Crippen LogP contribution in [0.15, 0.2) is 12.2 Å². The van der Waals surface area contributed by atoms with Gasteiger partial charge in [0.1, 0.15) is 6.10 Å². The van der Waals surface area contributed by atoms with E-state index < -0.39 is 0 Å². The van der Waals surface area contributed by atoms with Crippen LogP contribution in [0.5, 0.6) is 0 Å². The monoisotopic (exact) mass is 166 g/mol. The third-order valence-corrected chi connectivity index (χ3v) is 2.90. The zero-order valence-electron chi connectivity index (χ0n) is 7.54. The second-order valence-electron chi connectivity index (χ2n) is 4.31. The maximum Gasteiger partial charge on any atom is 0.307 e. The highest BCUT2D eigenvalue weighted by atomic mass is 16.6. The molecule has 0 aromatic carbocycles. The van der Waals surface area contributed by atoms with Crippen molar-refractivity contribution in [1.29, 1.82) is 0 Å². The minimum Gasteiger partial charge on any atom is -0.457 e. The van der Waals surface area contributed by atoms with Gasteiger partial charge in [-0.3, -0.25) is 4.79 Å². The van der Waals surface area contributed by atoms with Crippen molar-refractivity contribution in [2.75, 3.05) is 0 Å². The van der Waals surface area contributed by atoms with E-state index in [9.17, 15) is 4.79 Å². The summed E-state index contributed by atoms with van der Waals surface area (Å²) in [5.74, 6) is 0.544. The second kappa shape index (κ2) is 2.35. The van der Waals surface area contributed by atoms with Crippen LogP contribution in [0.1, 0.15) is 26.7 Å². The van der Waals surface area contributed by atoms with Gasteiger partial charge < -0.3 is 4.74 Å². The van der Waals surface area contributed by atoms with E-state index in [1.54, 1.807) is 0 Å². The van der Waals surface area contributed by atoms with E-state index in [0.29, 0.717) is 12.3 Å². The topological polar surface area (TPSA) is 26.3 Å². The Morgan fingerprint density at radius 3 is 3.08 bits per heavy atom. The van der Waals surface area contributed by atoms with Crippen molar-refractivity contribution >= 4 is 5.97 Å². The summed E-state index contributed by atoms with van der Waals surface area (Å²) in [5, 5.41) is 0. The lowest BCUT2D eigenvalue weighted by atomic mass is 9.72. The lowest BCUT2D eigenvalue weighted by molar-refractivity contribution is -0.140. The first-order valence-electron chi connectivity index (χ1n) is 4.48. The zero-order chi connectivity index (χ0) is 8.77. The molecule has 1 heterocycles. The molecule has 0 radical (unpaired) electrons. The van der Waals surface area contributed by atoms with E-state index in [4.69, 9.17) is 4.74 Å². The molecule has 0 aromatic heterocycles. The average molecular weight is 166 g/mol. The van der Waals surface area contributed by atoms with Crippen LogP contribution in [0, 0.1) is 11.3 Å². The van der Waals surface area contributed by atoms with Crippen molar-refractivity contribution in [2.24, 2.45) is 11.3 Å². The molecule has 0 bridgehead atoms. The van der Waals surface area contributed by atoms with Crippen LogP contribution in [-0.4, -0.2) is 12.1 Å². The second-order valence-corrected chi connectivity index (χ2v) is 4.31. The Labute approximate surface area is 72.6 Å². The van der Waals surface area contributed by atoms with E-state index >= 15 is 0 Å². The molecule has 1 aliphatic carbocycles. The fraction of sp³-hybridized carbons (Fsp3) is 0.700. The number of hydrogen-bond donors (Lipinski definition) is 0. The van der Waals surface area contributed by atoms with Gasteiger partial charge >= 0.3 is 5.97 Å². The molecule has 2 nitrogen and oxygen atoms in total. The van der Waals surface area contributed by atoms with Crippen LogP contribution in [0.4, 0.5) is 0 Å². The summed E-state index contributed by atoms with van der Waals surface area (Å²) < 4.78 is 5.19. The predicted octanol–water partition coefficient (Wildman–Crippen LogP) is 1.90. The molecular weight excluding hydrogens is 152 g/mol. The summed E-state index contributed by atoms with van der Waals surface area (Å²) in [7, 11) is 0. The number of esters is 1. The first kappa shape index (κ1) is 7.84. The minimum atomic E-state index is -0.0405. The highest BCUT2D eigenvalue weighted by Crippen LogP contribution is 2.44. The van der Waals surface area contributed by atoms with Crippen LogP contribution in [0.25, 0.3) is 0 Å². The molecule has 12 heavy (non-hydrogen) atoms. The third-order valence-electron chi connectivity index (χ3n) is 2.90. The van der Waals surface area contributed by atoms with Crippen molar-refractivity contribution in [2.45, 2.75) is 32.8 Å². The van der Waals surface area contributed by atoms with E-state index in [1.165, 1.54) is 0 Å². The van der Waals surface area contributed by atoms with Gasteiger partial charge in [-0.05, 0) is 18.4 Å². The Kier molecular flexibility index (Phi) is 1.53. The molecule has 0 unspecified atom stereocenters. The highest BCUT2D eigenvalue weighted by Gasteiger charge is 2.46. The number of rotatable bonds is 0. The molecule has 3 atom stereocenters. The minimum absolute atomic E-state index is 0.0405. The fourth-order valence-corrected chi connectivity index (χ4v) is 2.31. The van der Waals surface area contributed by atoms with Crippen molar-refractivity contribution in [3.8, 4) is 0 Å². The van der Waals surface area contributed by atoms with Gasteiger partial charge in [-0.25, -0.2) is 0 Å². The molecule has 1 saturated heterocycles. The van der Waals surface area contributed by atoms with Crippen molar-refractivity contribution in [3.05, 3.63) is 12.2 Å². The van der Waals surface area contributed by atoms with E-state index in [0.717, 1.165) is 6.42 Å². The molecular formula is C10H14O2. The summed E-state index contributed by atoms with van der Waals surface area (Å²) in [6, 6.07) is 0. The third kappa shape index (κ3) is 1.06. The van der Waals surface area contributed by atoms with Crippen LogP contribution in [-0.2, 0) is 9.53 Å². The van der Waals surface area contributed by atoms with E-state index in [2.05, 4.69) is 19.9 Å². The van der Waals surface area contributed by atoms with Gasteiger partial charge in [-0.15, -0.1) is 0 Å². The molecule has 1 fully saturated rings. The molecule has 2 rings (SSSR count). The summed E-state index contributed by atoms with van der Waals surface area (Å²) in [6.07, 6.45) is 5.89. The number of carbonyl (C=O) groups excluding carboxylic acids is 1. The van der Waals surface area contributed by atoms with Gasteiger partial charge in [-0.1, -0.05) is 19.9 Å². The quantitative estimate of drug-likeness (QED) is 0.406. The number of allylic oxidation sites excluding steroid dienone is 1. The lowest BCUT2D eigenvalue weighted by Crippen LogP contribution is -2.30. The van der Waals surface area contributed by atoms with Crippen LogP contribution in [0.2, 0.25) is 0 Å². The summed E-state index contributed by atoms with van der Waals surface area (Å²) in [4.78, 5) is 11.1. The predicted molar refractivity (Wildman–Crippen MR) is 45.5 cm³/mol. The number of ether oxygens (including phenoxy) is 1. The number of fused-ring (bicyclic) bond motifs is 1. The standard InChI is InChI=1S/C10H14O2/c1-7-3-4-8-10(2,5-7)6-9(11)12-8/h3-4,7-8H,5-6H2,1-2H3/t7-,8-,10-/m0/s1. The zero-order valence-corrected chi connectivity index (χ0v) is 7.54. The molecule has 1 aliphatic heterocycles. The smallest absolute Gasteiger partial charge is 0.307 e. The Bertz CT molecular complexity index is 244. The molecule has 0 amide bonds. The van der Waals surface area contributed by atoms with E-state index in [-0.39, 0.29) is 17.5 Å². The highest BCUT2D eigenvalue weighted by molar-refractivity contribution is 5.73. The summed E-state index contributed by atoms with van der Waals surface area (Å²) in [6.45, 7) is 4.32.